The molecule has 1 saturated heterocycles. The topological polar surface area (TPSA) is 20.3 Å². The smallest absolute Gasteiger partial charge is 0.236 e. The molecule has 0 bridgehead atoms. The van der Waals surface area contributed by atoms with Gasteiger partial charge in [0.2, 0.25) is 5.91 Å². The number of carbonyl (C=O) groups is 1. The highest BCUT2D eigenvalue weighted by Gasteiger charge is 2.29. The van der Waals surface area contributed by atoms with Gasteiger partial charge in [0, 0.05) is 13.1 Å². The van der Waals surface area contributed by atoms with Gasteiger partial charge in [0.25, 0.3) is 0 Å². The zero-order valence-corrected chi connectivity index (χ0v) is 10.6. The van der Waals surface area contributed by atoms with Crippen LogP contribution in [0, 0.1) is 12.7 Å². The number of nitrogens with zero attached hydrogens (tertiary/aromatic N) is 1. The van der Waals surface area contributed by atoms with Crippen molar-refractivity contribution in [2.24, 2.45) is 0 Å². The Morgan fingerprint density at radius 1 is 1.56 bits per heavy atom. The molecule has 0 spiro atoms. The van der Waals surface area contributed by atoms with Crippen molar-refractivity contribution < 1.29 is 9.18 Å². The van der Waals surface area contributed by atoms with Crippen molar-refractivity contribution in [1.82, 2.24) is 4.90 Å². The number of rotatable bonds is 2. The predicted octanol–water partition coefficient (Wildman–Crippen LogP) is 2.63. The zero-order valence-electron chi connectivity index (χ0n) is 9.04. The second-order valence-corrected chi connectivity index (χ2v) is 5.20. The van der Waals surface area contributed by atoms with Crippen molar-refractivity contribution in [2.45, 2.75) is 24.7 Å². The lowest BCUT2D eigenvalue weighted by Crippen LogP contribution is -2.26. The van der Waals surface area contributed by atoms with E-state index in [1.165, 1.54) is 6.07 Å². The summed E-state index contributed by atoms with van der Waals surface area (Å²) in [6, 6.07) is 5.12. The standard InChI is InChI=1S/C12H13BrFNO/c1-8-2-3-9(6-11(8)14)7-15-5-4-10(13)12(15)16/h2-3,6,10H,4-5,7H2,1H3. The average Bonchev–Trinajstić information content (AvgIpc) is 2.55. The molecule has 1 fully saturated rings. The first kappa shape index (κ1) is 11.6. The normalized spacial score (nSPS) is 20.6. The summed E-state index contributed by atoms with van der Waals surface area (Å²) in [7, 11) is 0. The summed E-state index contributed by atoms with van der Waals surface area (Å²) in [6.07, 6.45) is 0.827. The minimum Gasteiger partial charge on any atom is -0.337 e. The van der Waals surface area contributed by atoms with Crippen LogP contribution >= 0.6 is 15.9 Å². The Labute approximate surface area is 103 Å². The Balaban J connectivity index is 2.10. The van der Waals surface area contributed by atoms with Gasteiger partial charge in [0.1, 0.15) is 5.82 Å². The van der Waals surface area contributed by atoms with E-state index in [4.69, 9.17) is 0 Å². The van der Waals surface area contributed by atoms with Gasteiger partial charge in [-0.1, -0.05) is 28.1 Å². The van der Waals surface area contributed by atoms with Crippen LogP contribution in [0.15, 0.2) is 18.2 Å². The van der Waals surface area contributed by atoms with Gasteiger partial charge in [0.05, 0.1) is 4.83 Å². The number of carbonyl (C=O) groups excluding carboxylic acids is 1. The summed E-state index contributed by atoms with van der Waals surface area (Å²) in [5.74, 6) is -0.111. The van der Waals surface area contributed by atoms with Gasteiger partial charge < -0.3 is 4.90 Å². The van der Waals surface area contributed by atoms with Crippen LogP contribution in [0.2, 0.25) is 0 Å². The van der Waals surface area contributed by atoms with E-state index in [1.54, 1.807) is 17.9 Å². The van der Waals surface area contributed by atoms with Crippen LogP contribution in [0.5, 0.6) is 0 Å². The van der Waals surface area contributed by atoms with E-state index in [2.05, 4.69) is 15.9 Å². The van der Waals surface area contributed by atoms with Crippen molar-refractivity contribution in [3.05, 3.63) is 35.1 Å². The number of benzene rings is 1. The third-order valence-corrected chi connectivity index (χ3v) is 3.69. The minimum atomic E-state index is -0.209. The van der Waals surface area contributed by atoms with Gasteiger partial charge in [-0.15, -0.1) is 0 Å². The fourth-order valence-electron chi connectivity index (χ4n) is 1.81. The predicted molar refractivity (Wildman–Crippen MR) is 63.9 cm³/mol. The fourth-order valence-corrected chi connectivity index (χ4v) is 2.31. The second-order valence-electron chi connectivity index (χ2n) is 4.10. The maximum absolute atomic E-state index is 13.3. The van der Waals surface area contributed by atoms with Gasteiger partial charge >= 0.3 is 0 Å². The molecule has 86 valence electrons. The number of aryl methyl sites for hydroxylation is 1. The average molecular weight is 286 g/mol. The van der Waals surface area contributed by atoms with E-state index in [1.807, 2.05) is 6.07 Å². The molecule has 1 amide bonds. The maximum atomic E-state index is 13.3. The maximum Gasteiger partial charge on any atom is 0.236 e. The monoisotopic (exact) mass is 285 g/mol. The molecule has 2 nitrogen and oxygen atoms in total. The lowest BCUT2D eigenvalue weighted by atomic mass is 10.1. The minimum absolute atomic E-state index is 0.0669. The first-order valence-corrected chi connectivity index (χ1v) is 6.17. The fraction of sp³-hybridized carbons (Fsp3) is 0.417. The van der Waals surface area contributed by atoms with Crippen molar-refractivity contribution in [1.29, 1.82) is 0 Å². The van der Waals surface area contributed by atoms with Crippen molar-refractivity contribution >= 4 is 21.8 Å². The van der Waals surface area contributed by atoms with Gasteiger partial charge in [-0.3, -0.25) is 4.79 Å². The van der Waals surface area contributed by atoms with E-state index in [0.717, 1.165) is 18.5 Å². The number of alkyl halides is 1. The lowest BCUT2D eigenvalue weighted by molar-refractivity contribution is -0.127. The number of amides is 1. The van der Waals surface area contributed by atoms with E-state index < -0.39 is 0 Å². The number of halogens is 2. The van der Waals surface area contributed by atoms with Crippen molar-refractivity contribution in [3.8, 4) is 0 Å². The molecule has 16 heavy (non-hydrogen) atoms. The molecule has 1 unspecified atom stereocenters. The Bertz CT molecular complexity index is 421. The third-order valence-electron chi connectivity index (χ3n) is 2.84. The van der Waals surface area contributed by atoms with E-state index in [-0.39, 0.29) is 16.6 Å². The van der Waals surface area contributed by atoms with Crippen LogP contribution < -0.4 is 0 Å². The molecular weight excluding hydrogens is 273 g/mol. The molecule has 1 aliphatic rings. The lowest BCUT2D eigenvalue weighted by Gasteiger charge is -2.16. The number of hydrogen-bond donors (Lipinski definition) is 0. The second kappa shape index (κ2) is 4.53. The van der Waals surface area contributed by atoms with Crippen molar-refractivity contribution in [2.75, 3.05) is 6.54 Å². The van der Waals surface area contributed by atoms with Crippen LogP contribution in [0.1, 0.15) is 17.5 Å². The molecule has 1 heterocycles. The molecule has 0 saturated carbocycles. The molecule has 0 N–H and O–H groups in total. The van der Waals surface area contributed by atoms with Gasteiger partial charge in [-0.25, -0.2) is 4.39 Å². The molecule has 2 rings (SSSR count). The summed E-state index contributed by atoms with van der Waals surface area (Å²) < 4.78 is 13.3. The molecule has 0 aliphatic carbocycles. The SMILES string of the molecule is Cc1ccc(CN2CCC(Br)C2=O)cc1F. The Morgan fingerprint density at radius 2 is 2.31 bits per heavy atom. The van der Waals surface area contributed by atoms with Crippen LogP contribution in [0.4, 0.5) is 4.39 Å². The molecular formula is C12H13BrFNO. The van der Waals surface area contributed by atoms with Gasteiger partial charge in [0.15, 0.2) is 0 Å². The quantitative estimate of drug-likeness (QED) is 0.765. The summed E-state index contributed by atoms with van der Waals surface area (Å²) in [6.45, 7) is 2.97. The van der Waals surface area contributed by atoms with Crippen LogP contribution in [0.25, 0.3) is 0 Å². The van der Waals surface area contributed by atoms with Crippen LogP contribution in [-0.2, 0) is 11.3 Å². The summed E-state index contributed by atoms with van der Waals surface area (Å²) >= 11 is 3.32. The number of hydrogen-bond acceptors (Lipinski definition) is 1. The molecule has 1 atom stereocenters. The van der Waals surface area contributed by atoms with E-state index in [9.17, 15) is 9.18 Å². The summed E-state index contributed by atoms with van der Waals surface area (Å²) in [5, 5.41) is 0. The first-order valence-electron chi connectivity index (χ1n) is 5.26. The Hall–Kier alpha value is -0.900. The highest BCUT2D eigenvalue weighted by Crippen LogP contribution is 2.21. The van der Waals surface area contributed by atoms with Gasteiger partial charge in [-0.05, 0) is 30.5 Å². The third kappa shape index (κ3) is 2.26. The summed E-state index contributed by atoms with van der Waals surface area (Å²) in [5.41, 5.74) is 1.48. The molecule has 1 aromatic rings. The molecule has 1 aromatic carbocycles. The van der Waals surface area contributed by atoms with Crippen LogP contribution in [-0.4, -0.2) is 22.2 Å². The van der Waals surface area contributed by atoms with Crippen molar-refractivity contribution in [3.63, 3.8) is 0 Å². The largest absolute Gasteiger partial charge is 0.337 e. The first-order chi connectivity index (χ1) is 7.58. The summed E-state index contributed by atoms with van der Waals surface area (Å²) in [4.78, 5) is 13.3. The van der Waals surface area contributed by atoms with E-state index in [0.29, 0.717) is 12.1 Å². The van der Waals surface area contributed by atoms with Crippen LogP contribution in [0.3, 0.4) is 0 Å². The zero-order chi connectivity index (χ0) is 11.7. The molecule has 0 radical (unpaired) electrons. The van der Waals surface area contributed by atoms with E-state index >= 15 is 0 Å². The molecule has 1 aliphatic heterocycles. The Kier molecular flexibility index (Phi) is 3.28. The molecule has 0 aromatic heterocycles. The Morgan fingerprint density at radius 3 is 2.88 bits per heavy atom. The van der Waals surface area contributed by atoms with Gasteiger partial charge in [-0.2, -0.15) is 0 Å². The highest BCUT2D eigenvalue weighted by molar-refractivity contribution is 9.10. The molecule has 4 heteroatoms. The highest BCUT2D eigenvalue weighted by atomic mass is 79.9. The number of likely N-dealkylation sites (tertiary alicyclic amines) is 1.